The molecule has 0 aromatic heterocycles. The maximum Gasteiger partial charge on any atom is 0.306 e. The first kappa shape index (κ1) is 74.6. The molecule has 452 valence electrons. The van der Waals surface area contributed by atoms with Gasteiger partial charge in [-0.25, -0.2) is 0 Å². The quantitative estimate of drug-likeness (QED) is 0.0261. The summed E-state index contributed by atoms with van der Waals surface area (Å²) in [7, 11) is 0. The van der Waals surface area contributed by atoms with Crippen LogP contribution >= 0.6 is 0 Å². The van der Waals surface area contributed by atoms with Crippen molar-refractivity contribution >= 4 is 17.9 Å². The molecule has 77 heavy (non-hydrogen) atoms. The third-order valence-electron chi connectivity index (χ3n) is 15.7. The molecule has 0 spiro atoms. The summed E-state index contributed by atoms with van der Waals surface area (Å²) >= 11 is 0. The van der Waals surface area contributed by atoms with Crippen LogP contribution in [0.15, 0.2) is 36.5 Å². The highest BCUT2D eigenvalue weighted by Crippen LogP contribution is 2.19. The van der Waals surface area contributed by atoms with E-state index in [-0.39, 0.29) is 31.1 Å². The van der Waals surface area contributed by atoms with Crippen LogP contribution in [0.25, 0.3) is 0 Å². The average Bonchev–Trinajstić information content (AvgIpc) is 3.43. The molecule has 0 bridgehead atoms. The van der Waals surface area contributed by atoms with E-state index < -0.39 is 6.10 Å². The number of rotatable bonds is 64. The monoisotopic (exact) mass is 1080 g/mol. The van der Waals surface area contributed by atoms with E-state index in [1.165, 1.54) is 244 Å². The van der Waals surface area contributed by atoms with Gasteiger partial charge in [0.1, 0.15) is 13.2 Å². The minimum absolute atomic E-state index is 0.0719. The molecule has 0 heterocycles. The van der Waals surface area contributed by atoms with Crippen LogP contribution in [0.4, 0.5) is 0 Å². The minimum Gasteiger partial charge on any atom is -0.462 e. The van der Waals surface area contributed by atoms with E-state index >= 15 is 0 Å². The number of hydrogen-bond donors (Lipinski definition) is 0. The summed E-state index contributed by atoms with van der Waals surface area (Å²) in [5.74, 6) is -0.859. The van der Waals surface area contributed by atoms with Gasteiger partial charge in [-0.1, -0.05) is 346 Å². The minimum atomic E-state index is -0.777. The standard InChI is InChI=1S/C71H132O6/c1-4-7-10-13-16-19-22-25-28-30-32-34-36-38-40-43-46-49-52-55-58-61-64-70(73)76-67-68(66-75-69(72)63-60-57-54-51-48-45-42-27-24-21-18-15-12-9-6-3)77-71(74)65-62-59-56-53-50-47-44-41-39-37-35-33-31-29-26-23-20-17-14-11-8-5-2/h9,12,18,21,27,42,68H,4-8,10-11,13-17,19-20,22-26,28-41,43-67H2,1-3H3/b12-9-,21-18-,42-27-. The Labute approximate surface area is 480 Å². The zero-order valence-electron chi connectivity index (χ0n) is 52.0. The molecular weight excluding hydrogens is 949 g/mol. The fraction of sp³-hybridized carbons (Fsp3) is 0.873. The van der Waals surface area contributed by atoms with Gasteiger partial charge in [-0.2, -0.15) is 0 Å². The number of hydrogen-bond acceptors (Lipinski definition) is 6. The second kappa shape index (κ2) is 66.1. The van der Waals surface area contributed by atoms with Crippen molar-refractivity contribution in [1.82, 2.24) is 0 Å². The van der Waals surface area contributed by atoms with E-state index in [0.29, 0.717) is 19.3 Å². The van der Waals surface area contributed by atoms with Crippen LogP contribution in [0.2, 0.25) is 0 Å². The van der Waals surface area contributed by atoms with Crippen molar-refractivity contribution in [2.75, 3.05) is 13.2 Å². The zero-order chi connectivity index (χ0) is 55.7. The molecule has 6 heteroatoms. The molecule has 0 fully saturated rings. The van der Waals surface area contributed by atoms with Crippen LogP contribution in [-0.4, -0.2) is 37.2 Å². The van der Waals surface area contributed by atoms with Crippen molar-refractivity contribution in [2.24, 2.45) is 0 Å². The van der Waals surface area contributed by atoms with Gasteiger partial charge in [0.25, 0.3) is 0 Å². The van der Waals surface area contributed by atoms with Crippen LogP contribution in [0.5, 0.6) is 0 Å². The summed E-state index contributed by atoms with van der Waals surface area (Å²) < 4.78 is 17.0. The lowest BCUT2D eigenvalue weighted by Crippen LogP contribution is -2.30. The van der Waals surface area contributed by atoms with E-state index in [0.717, 1.165) is 96.3 Å². The molecule has 0 radical (unpaired) electrons. The van der Waals surface area contributed by atoms with Crippen LogP contribution in [0.3, 0.4) is 0 Å². The summed E-state index contributed by atoms with van der Waals surface area (Å²) in [6.07, 6.45) is 81.7. The molecule has 1 unspecified atom stereocenters. The third-order valence-corrected chi connectivity index (χ3v) is 15.7. The van der Waals surface area contributed by atoms with Gasteiger partial charge in [-0.15, -0.1) is 0 Å². The van der Waals surface area contributed by atoms with Crippen LogP contribution in [0, 0.1) is 0 Å². The first-order chi connectivity index (χ1) is 38.0. The Morgan fingerprint density at radius 2 is 0.506 bits per heavy atom. The molecule has 0 N–H and O–H groups in total. The van der Waals surface area contributed by atoms with E-state index in [1.807, 2.05) is 0 Å². The lowest BCUT2D eigenvalue weighted by atomic mass is 10.0. The topological polar surface area (TPSA) is 78.9 Å². The molecule has 0 saturated carbocycles. The predicted molar refractivity (Wildman–Crippen MR) is 335 cm³/mol. The van der Waals surface area contributed by atoms with Crippen LogP contribution in [-0.2, 0) is 28.6 Å². The Kier molecular flexibility index (Phi) is 64.1. The Morgan fingerprint density at radius 3 is 0.792 bits per heavy atom. The van der Waals surface area contributed by atoms with Gasteiger partial charge in [0.15, 0.2) is 6.10 Å². The van der Waals surface area contributed by atoms with Crippen molar-refractivity contribution in [3.63, 3.8) is 0 Å². The summed E-state index contributed by atoms with van der Waals surface area (Å²) in [6.45, 7) is 6.60. The fourth-order valence-electron chi connectivity index (χ4n) is 10.5. The number of carbonyl (C=O) groups is 3. The molecule has 0 amide bonds. The van der Waals surface area contributed by atoms with Gasteiger partial charge in [0.2, 0.25) is 0 Å². The summed E-state index contributed by atoms with van der Waals surface area (Å²) in [5, 5.41) is 0. The Morgan fingerprint density at radius 1 is 0.273 bits per heavy atom. The van der Waals surface area contributed by atoms with Crippen molar-refractivity contribution in [3.05, 3.63) is 36.5 Å². The molecule has 1 atom stereocenters. The summed E-state index contributed by atoms with van der Waals surface area (Å²) in [5.41, 5.74) is 0. The van der Waals surface area contributed by atoms with Gasteiger partial charge in [-0.3, -0.25) is 14.4 Å². The smallest absolute Gasteiger partial charge is 0.306 e. The van der Waals surface area contributed by atoms with Gasteiger partial charge >= 0.3 is 17.9 Å². The summed E-state index contributed by atoms with van der Waals surface area (Å²) in [6, 6.07) is 0. The van der Waals surface area contributed by atoms with Gasteiger partial charge in [-0.05, 0) is 51.4 Å². The molecule has 0 aliphatic carbocycles. The molecule has 0 aromatic rings. The van der Waals surface area contributed by atoms with Crippen molar-refractivity contribution in [3.8, 4) is 0 Å². The van der Waals surface area contributed by atoms with Gasteiger partial charge in [0, 0.05) is 19.3 Å². The molecule has 0 rings (SSSR count). The number of carbonyl (C=O) groups excluding carboxylic acids is 3. The number of allylic oxidation sites excluding steroid dienone is 6. The van der Waals surface area contributed by atoms with E-state index in [9.17, 15) is 14.4 Å². The number of unbranched alkanes of at least 4 members (excludes halogenated alkanes) is 47. The van der Waals surface area contributed by atoms with E-state index in [2.05, 4.69) is 57.2 Å². The molecular formula is C71H132O6. The normalized spacial score (nSPS) is 12.2. The molecule has 0 saturated heterocycles. The van der Waals surface area contributed by atoms with E-state index in [4.69, 9.17) is 14.2 Å². The number of ether oxygens (including phenoxy) is 3. The SMILES string of the molecule is CC/C=C\C/C=C\C/C=C\CCCCCCCC(=O)OCC(COC(=O)CCCCCCCCCCCCCCCCCCCCCCCC)OC(=O)CCCCCCCCCCCCCCCCCCCCCCCC. The lowest BCUT2D eigenvalue weighted by molar-refractivity contribution is -0.167. The Hall–Kier alpha value is -2.37. The molecule has 6 nitrogen and oxygen atoms in total. The second-order valence-electron chi connectivity index (χ2n) is 23.4. The van der Waals surface area contributed by atoms with Crippen LogP contribution < -0.4 is 0 Å². The largest absolute Gasteiger partial charge is 0.462 e. The first-order valence-corrected chi connectivity index (χ1v) is 34.5. The first-order valence-electron chi connectivity index (χ1n) is 34.5. The van der Waals surface area contributed by atoms with Crippen molar-refractivity contribution in [2.45, 2.75) is 386 Å². The van der Waals surface area contributed by atoms with Gasteiger partial charge in [0.05, 0.1) is 0 Å². The van der Waals surface area contributed by atoms with Crippen molar-refractivity contribution < 1.29 is 28.6 Å². The predicted octanol–water partition coefficient (Wildman–Crippen LogP) is 23.6. The van der Waals surface area contributed by atoms with Crippen molar-refractivity contribution in [1.29, 1.82) is 0 Å². The Bertz CT molecular complexity index is 1290. The maximum atomic E-state index is 12.9. The van der Waals surface area contributed by atoms with E-state index in [1.54, 1.807) is 0 Å². The third kappa shape index (κ3) is 64.3. The fourth-order valence-corrected chi connectivity index (χ4v) is 10.5. The zero-order valence-corrected chi connectivity index (χ0v) is 52.0. The highest BCUT2D eigenvalue weighted by molar-refractivity contribution is 5.71. The molecule has 0 aromatic carbocycles. The highest BCUT2D eigenvalue weighted by atomic mass is 16.6. The number of esters is 3. The molecule has 0 aliphatic heterocycles. The van der Waals surface area contributed by atoms with Crippen LogP contribution in [0.1, 0.15) is 380 Å². The highest BCUT2D eigenvalue weighted by Gasteiger charge is 2.19. The Balaban J connectivity index is 4.28. The second-order valence-corrected chi connectivity index (χ2v) is 23.4. The summed E-state index contributed by atoms with van der Waals surface area (Å²) in [4.78, 5) is 38.4. The maximum absolute atomic E-state index is 12.9. The lowest BCUT2D eigenvalue weighted by Gasteiger charge is -2.18. The average molecular weight is 1080 g/mol. The van der Waals surface area contributed by atoms with Gasteiger partial charge < -0.3 is 14.2 Å². The molecule has 0 aliphatic rings.